The summed E-state index contributed by atoms with van der Waals surface area (Å²) in [5.74, 6) is -2.10. The lowest BCUT2D eigenvalue weighted by molar-refractivity contribution is -0.255. The van der Waals surface area contributed by atoms with Gasteiger partial charge in [-0.05, 0) is 42.0 Å². The molecular formula is C24H16FN2O5-. The molecule has 160 valence electrons. The first-order chi connectivity index (χ1) is 15.5. The van der Waals surface area contributed by atoms with Crippen molar-refractivity contribution in [3.8, 4) is 5.75 Å². The molecule has 1 aromatic heterocycles. The van der Waals surface area contributed by atoms with Gasteiger partial charge in [0.1, 0.15) is 11.4 Å². The fourth-order valence-corrected chi connectivity index (χ4v) is 3.07. The highest BCUT2D eigenvalue weighted by atomic mass is 19.1. The van der Waals surface area contributed by atoms with Crippen LogP contribution in [0.1, 0.15) is 20.7 Å². The van der Waals surface area contributed by atoms with Gasteiger partial charge in [0.05, 0.1) is 24.5 Å². The third kappa shape index (κ3) is 4.20. The van der Waals surface area contributed by atoms with E-state index < -0.39 is 17.7 Å². The van der Waals surface area contributed by atoms with Crippen molar-refractivity contribution >= 4 is 34.2 Å². The molecule has 0 spiro atoms. The number of carboxylic acids is 1. The lowest BCUT2D eigenvalue weighted by atomic mass is 10.1. The predicted octanol–water partition coefficient (Wildman–Crippen LogP) is 3.43. The van der Waals surface area contributed by atoms with E-state index in [0.717, 1.165) is 0 Å². The van der Waals surface area contributed by atoms with E-state index in [1.807, 2.05) is 0 Å². The van der Waals surface area contributed by atoms with E-state index >= 15 is 0 Å². The van der Waals surface area contributed by atoms with Crippen molar-refractivity contribution in [2.24, 2.45) is 4.99 Å². The van der Waals surface area contributed by atoms with Gasteiger partial charge in [-0.25, -0.2) is 9.38 Å². The Labute approximate surface area is 181 Å². The summed E-state index contributed by atoms with van der Waals surface area (Å²) in [4.78, 5) is 28.3. The molecule has 4 aromatic rings. The number of hydrogen-bond donors (Lipinski definition) is 1. The third-order valence-corrected chi connectivity index (χ3v) is 4.66. The van der Waals surface area contributed by atoms with Crippen LogP contribution in [0.2, 0.25) is 0 Å². The number of hydrogen-bond acceptors (Lipinski definition) is 6. The van der Waals surface area contributed by atoms with Crippen molar-refractivity contribution in [1.29, 1.82) is 0 Å². The fourth-order valence-electron chi connectivity index (χ4n) is 3.07. The van der Waals surface area contributed by atoms with Crippen LogP contribution >= 0.6 is 0 Å². The smallest absolute Gasteiger partial charge is 0.261 e. The summed E-state index contributed by atoms with van der Waals surface area (Å²) in [5, 5.41) is 14.1. The number of nitrogens with one attached hydrogen (secondary N) is 1. The van der Waals surface area contributed by atoms with E-state index in [0.29, 0.717) is 22.4 Å². The van der Waals surface area contributed by atoms with Gasteiger partial charge in [0, 0.05) is 5.39 Å². The quantitative estimate of drug-likeness (QED) is 0.521. The topological polar surface area (TPSA) is 104 Å². The van der Waals surface area contributed by atoms with E-state index in [2.05, 4.69) is 10.3 Å². The molecule has 3 aromatic carbocycles. The number of benzene rings is 3. The Kier molecular flexibility index (Phi) is 5.67. The minimum atomic E-state index is -1.32. The molecule has 0 aliphatic carbocycles. The summed E-state index contributed by atoms with van der Waals surface area (Å²) >= 11 is 0. The first-order valence-electron chi connectivity index (χ1n) is 9.49. The van der Waals surface area contributed by atoms with Gasteiger partial charge in [0.25, 0.3) is 5.91 Å². The first-order valence-corrected chi connectivity index (χ1v) is 9.49. The van der Waals surface area contributed by atoms with Crippen molar-refractivity contribution in [3.63, 3.8) is 0 Å². The van der Waals surface area contributed by atoms with Crippen LogP contribution < -0.4 is 20.7 Å². The largest absolute Gasteiger partial charge is 0.545 e. The fraction of sp³-hybridized carbons (Fsp3) is 0.0417. The van der Waals surface area contributed by atoms with E-state index in [1.54, 1.807) is 30.3 Å². The Morgan fingerprint density at radius 1 is 1.03 bits per heavy atom. The molecule has 0 fully saturated rings. The van der Waals surface area contributed by atoms with Crippen LogP contribution in [0.4, 0.5) is 15.8 Å². The minimum absolute atomic E-state index is 0.00694. The van der Waals surface area contributed by atoms with Gasteiger partial charge >= 0.3 is 0 Å². The molecule has 1 heterocycles. The molecule has 0 aliphatic heterocycles. The molecule has 0 aliphatic rings. The zero-order valence-corrected chi connectivity index (χ0v) is 16.8. The molecule has 8 heteroatoms. The standard InChI is InChI=1S/C24H17FN2O5/c1-31-20-8-4-5-15-13-17(22(28)27-19-7-3-2-6-18(19)25)23(32-21(15)20)26-16-11-9-14(10-12-16)24(29)30/h2-13H,1H3,(H,27,28)(H,29,30)/p-1. The van der Waals surface area contributed by atoms with E-state index in [1.165, 1.54) is 49.6 Å². The number of ether oxygens (including phenoxy) is 1. The maximum Gasteiger partial charge on any atom is 0.261 e. The molecule has 7 nitrogen and oxygen atoms in total. The van der Waals surface area contributed by atoms with Gasteiger partial charge in [-0.1, -0.05) is 36.4 Å². The average Bonchev–Trinajstić information content (AvgIpc) is 2.80. The van der Waals surface area contributed by atoms with Gasteiger partial charge in [-0.2, -0.15) is 0 Å². The monoisotopic (exact) mass is 431 g/mol. The highest BCUT2D eigenvalue weighted by Gasteiger charge is 2.16. The predicted molar refractivity (Wildman–Crippen MR) is 113 cm³/mol. The van der Waals surface area contributed by atoms with Gasteiger partial charge < -0.3 is 24.4 Å². The van der Waals surface area contributed by atoms with Crippen molar-refractivity contribution in [1.82, 2.24) is 0 Å². The normalized spacial score (nSPS) is 11.4. The van der Waals surface area contributed by atoms with Crippen molar-refractivity contribution in [2.75, 3.05) is 12.4 Å². The number of carboxylic acid groups (broad SMARTS) is 1. The molecule has 0 saturated carbocycles. The molecule has 0 atom stereocenters. The van der Waals surface area contributed by atoms with E-state index in [9.17, 15) is 19.1 Å². The van der Waals surface area contributed by atoms with Crippen LogP contribution in [0, 0.1) is 5.82 Å². The third-order valence-electron chi connectivity index (χ3n) is 4.66. The molecular weight excluding hydrogens is 415 g/mol. The Morgan fingerprint density at radius 3 is 2.47 bits per heavy atom. The first kappa shape index (κ1) is 20.8. The summed E-state index contributed by atoms with van der Waals surface area (Å²) in [6.07, 6.45) is 0. The molecule has 32 heavy (non-hydrogen) atoms. The van der Waals surface area contributed by atoms with Gasteiger partial charge in [0.15, 0.2) is 11.3 Å². The van der Waals surface area contributed by atoms with Gasteiger partial charge in [0.2, 0.25) is 5.55 Å². The molecule has 0 bridgehead atoms. The summed E-state index contributed by atoms with van der Waals surface area (Å²) in [6.45, 7) is 0. The summed E-state index contributed by atoms with van der Waals surface area (Å²) in [6, 6.07) is 18.1. The van der Waals surface area contributed by atoms with Crippen LogP contribution in [-0.4, -0.2) is 19.0 Å². The number of amides is 1. The van der Waals surface area contributed by atoms with Crippen LogP contribution in [-0.2, 0) is 0 Å². The number of methoxy groups -OCH3 is 1. The van der Waals surface area contributed by atoms with Gasteiger partial charge in [-0.15, -0.1) is 0 Å². The Morgan fingerprint density at radius 2 is 1.78 bits per heavy atom. The minimum Gasteiger partial charge on any atom is -0.545 e. The van der Waals surface area contributed by atoms with Crippen LogP contribution in [0.5, 0.6) is 5.75 Å². The molecule has 0 radical (unpaired) electrons. The van der Waals surface area contributed by atoms with Crippen molar-refractivity contribution in [3.05, 3.63) is 95.3 Å². The average molecular weight is 431 g/mol. The molecule has 0 unspecified atom stereocenters. The van der Waals surface area contributed by atoms with E-state index in [-0.39, 0.29) is 22.4 Å². The number of para-hydroxylation sites is 2. The van der Waals surface area contributed by atoms with Gasteiger partial charge in [-0.3, -0.25) is 4.79 Å². The zero-order chi connectivity index (χ0) is 22.7. The number of nitrogens with zero attached hydrogens (tertiary/aromatic N) is 1. The van der Waals surface area contributed by atoms with Crippen LogP contribution in [0.25, 0.3) is 11.0 Å². The lowest BCUT2D eigenvalue weighted by Crippen LogP contribution is -2.22. The summed E-state index contributed by atoms with van der Waals surface area (Å²) in [5.41, 5.74) is 0.691. The number of halogens is 1. The van der Waals surface area contributed by atoms with E-state index in [4.69, 9.17) is 9.15 Å². The Hall–Kier alpha value is -4.46. The number of aromatic carboxylic acids is 1. The lowest BCUT2D eigenvalue weighted by Gasteiger charge is -2.09. The number of rotatable bonds is 5. The second-order valence-corrected chi connectivity index (χ2v) is 6.72. The Bertz CT molecular complexity index is 1390. The SMILES string of the molecule is COc1cccc2cc(C(=O)Nc3ccccc3F)c(=Nc3ccc(C(=O)[O-])cc3)oc12. The van der Waals surface area contributed by atoms with Crippen molar-refractivity contribution < 1.29 is 28.2 Å². The van der Waals surface area contributed by atoms with Crippen molar-refractivity contribution in [2.45, 2.75) is 0 Å². The number of anilines is 1. The second-order valence-electron chi connectivity index (χ2n) is 6.72. The molecule has 1 N–H and O–H groups in total. The molecule has 1 amide bonds. The summed E-state index contributed by atoms with van der Waals surface area (Å²) in [7, 11) is 1.48. The highest BCUT2D eigenvalue weighted by molar-refractivity contribution is 6.05. The number of fused-ring (bicyclic) bond motifs is 1. The molecule has 4 rings (SSSR count). The highest BCUT2D eigenvalue weighted by Crippen LogP contribution is 2.25. The van der Waals surface area contributed by atoms with Crippen LogP contribution in [0.15, 0.2) is 82.2 Å². The summed E-state index contributed by atoms with van der Waals surface area (Å²) < 4.78 is 25.3. The number of carbonyl (C=O) groups excluding carboxylic acids is 2. The second kappa shape index (κ2) is 8.73. The molecule has 0 saturated heterocycles. The zero-order valence-electron chi connectivity index (χ0n) is 16.8. The Balaban J connectivity index is 1.87. The number of carbonyl (C=O) groups is 2. The maximum absolute atomic E-state index is 14.0. The maximum atomic E-state index is 14.0. The van der Waals surface area contributed by atoms with Crippen LogP contribution in [0.3, 0.4) is 0 Å².